The van der Waals surface area contributed by atoms with Crippen molar-refractivity contribution >= 4 is 34.8 Å². The van der Waals surface area contributed by atoms with E-state index in [0.29, 0.717) is 24.6 Å². The van der Waals surface area contributed by atoms with Gasteiger partial charge in [0.05, 0.1) is 36.3 Å². The molecule has 1 saturated heterocycles. The number of rotatable bonds is 8. The number of carbonyl (C=O) groups is 1. The molecule has 8 heteroatoms. The number of allylic oxidation sites excluding steroid dienone is 2. The standard InChI is InChI=1S/C30H30N6O2/c1-21(16-26(20-31-2)36-12-14-38-15-13-36)23-8-11-28-27(18-23)29(35-34-28)30(37)33-25-10-9-24(32-19-25)17-22-6-4-3-5-7-22/h3-11,16,18-20H,2,12-15,17H2,1H3,(H,33,37)(H,34,35)/b21-16+,26-20+. The second-order valence-electron chi connectivity index (χ2n) is 9.15. The Morgan fingerprint density at radius 2 is 1.97 bits per heavy atom. The molecule has 2 aromatic heterocycles. The van der Waals surface area contributed by atoms with Gasteiger partial charge in [-0.15, -0.1) is 0 Å². The molecule has 0 bridgehead atoms. The maximum atomic E-state index is 13.1. The molecule has 0 atom stereocenters. The average Bonchev–Trinajstić information content (AvgIpc) is 3.38. The lowest BCUT2D eigenvalue weighted by Gasteiger charge is -2.29. The van der Waals surface area contributed by atoms with E-state index in [2.05, 4.69) is 55.3 Å². The summed E-state index contributed by atoms with van der Waals surface area (Å²) >= 11 is 0. The lowest BCUT2D eigenvalue weighted by atomic mass is 10.0. The van der Waals surface area contributed by atoms with Crippen molar-refractivity contribution in [1.82, 2.24) is 20.1 Å². The first-order chi connectivity index (χ1) is 18.6. The van der Waals surface area contributed by atoms with Crippen molar-refractivity contribution in [3.05, 3.63) is 107 Å². The largest absolute Gasteiger partial charge is 0.378 e. The topological polar surface area (TPSA) is 95.5 Å². The summed E-state index contributed by atoms with van der Waals surface area (Å²) in [6.07, 6.45) is 6.27. The van der Waals surface area contributed by atoms with Crippen molar-refractivity contribution < 1.29 is 9.53 Å². The molecule has 5 rings (SSSR count). The Hall–Kier alpha value is -4.56. The summed E-state index contributed by atoms with van der Waals surface area (Å²) in [6, 6.07) is 19.9. The minimum absolute atomic E-state index is 0.294. The van der Waals surface area contributed by atoms with Crippen molar-refractivity contribution in [2.45, 2.75) is 13.3 Å². The number of amides is 1. The van der Waals surface area contributed by atoms with Crippen LogP contribution in [0.2, 0.25) is 0 Å². The molecule has 3 heterocycles. The van der Waals surface area contributed by atoms with Gasteiger partial charge >= 0.3 is 0 Å². The van der Waals surface area contributed by atoms with Crippen LogP contribution in [0.25, 0.3) is 16.5 Å². The molecule has 1 aliphatic heterocycles. The minimum Gasteiger partial charge on any atom is -0.378 e. The molecule has 0 radical (unpaired) electrons. The van der Waals surface area contributed by atoms with Gasteiger partial charge in [-0.25, -0.2) is 0 Å². The molecule has 1 fully saturated rings. The summed E-state index contributed by atoms with van der Waals surface area (Å²) in [4.78, 5) is 23.9. The molecular weight excluding hydrogens is 476 g/mol. The fraction of sp³-hybridized carbons (Fsp3) is 0.200. The number of hydrogen-bond donors (Lipinski definition) is 2. The van der Waals surface area contributed by atoms with Gasteiger partial charge in [0.2, 0.25) is 0 Å². The summed E-state index contributed by atoms with van der Waals surface area (Å²) < 4.78 is 5.48. The molecule has 0 aliphatic carbocycles. The number of H-pyrrole nitrogens is 1. The first-order valence-corrected chi connectivity index (χ1v) is 12.6. The zero-order valence-corrected chi connectivity index (χ0v) is 21.4. The van der Waals surface area contributed by atoms with Crippen LogP contribution in [0.15, 0.2) is 89.8 Å². The summed E-state index contributed by atoms with van der Waals surface area (Å²) in [5, 5.41) is 10.9. The highest BCUT2D eigenvalue weighted by molar-refractivity contribution is 6.11. The molecular formula is C30H30N6O2. The zero-order valence-electron chi connectivity index (χ0n) is 21.4. The monoisotopic (exact) mass is 506 g/mol. The minimum atomic E-state index is -0.294. The number of aromatic nitrogens is 3. The molecule has 0 saturated carbocycles. The second-order valence-corrected chi connectivity index (χ2v) is 9.15. The van der Waals surface area contributed by atoms with Gasteiger partial charge in [0, 0.05) is 36.8 Å². The summed E-state index contributed by atoms with van der Waals surface area (Å²) in [6.45, 7) is 8.65. The molecule has 38 heavy (non-hydrogen) atoms. The van der Waals surface area contributed by atoms with Gasteiger partial charge in [-0.1, -0.05) is 36.4 Å². The third-order valence-corrected chi connectivity index (χ3v) is 6.51. The van der Waals surface area contributed by atoms with Crippen LogP contribution in [0.1, 0.15) is 34.2 Å². The Bertz CT molecular complexity index is 1480. The van der Waals surface area contributed by atoms with Crippen molar-refractivity contribution in [2.24, 2.45) is 4.99 Å². The second kappa shape index (κ2) is 11.7. The third kappa shape index (κ3) is 5.87. The fourth-order valence-electron chi connectivity index (χ4n) is 4.46. The molecule has 2 aromatic carbocycles. The number of nitrogens with zero attached hydrogens (tertiary/aromatic N) is 4. The Morgan fingerprint density at radius 3 is 2.71 bits per heavy atom. The average molecular weight is 507 g/mol. The van der Waals surface area contributed by atoms with Crippen LogP contribution >= 0.6 is 0 Å². The third-order valence-electron chi connectivity index (χ3n) is 6.51. The number of benzene rings is 2. The first kappa shape index (κ1) is 25.1. The number of anilines is 1. The number of morpholine rings is 1. The van der Waals surface area contributed by atoms with Gasteiger partial charge in [-0.05, 0) is 60.7 Å². The first-order valence-electron chi connectivity index (χ1n) is 12.6. The Kier molecular flexibility index (Phi) is 7.70. The van der Waals surface area contributed by atoms with Gasteiger partial charge < -0.3 is 15.0 Å². The zero-order chi connectivity index (χ0) is 26.3. The van der Waals surface area contributed by atoms with Crippen LogP contribution in [-0.2, 0) is 11.2 Å². The van der Waals surface area contributed by atoms with E-state index in [1.807, 2.05) is 55.5 Å². The van der Waals surface area contributed by atoms with Crippen LogP contribution in [0.5, 0.6) is 0 Å². The van der Waals surface area contributed by atoms with Gasteiger partial charge in [0.25, 0.3) is 5.91 Å². The molecule has 192 valence electrons. The van der Waals surface area contributed by atoms with E-state index in [-0.39, 0.29) is 5.91 Å². The number of nitrogens with one attached hydrogen (secondary N) is 2. The highest BCUT2D eigenvalue weighted by Gasteiger charge is 2.17. The Labute approximate surface area is 221 Å². The van der Waals surface area contributed by atoms with Crippen LogP contribution in [0, 0.1) is 0 Å². The van der Waals surface area contributed by atoms with E-state index in [9.17, 15) is 4.79 Å². The fourth-order valence-corrected chi connectivity index (χ4v) is 4.46. The predicted octanol–water partition coefficient (Wildman–Crippen LogP) is 5.08. The molecule has 1 aliphatic rings. The van der Waals surface area contributed by atoms with E-state index >= 15 is 0 Å². The van der Waals surface area contributed by atoms with E-state index in [1.165, 1.54) is 5.56 Å². The van der Waals surface area contributed by atoms with Crippen LogP contribution < -0.4 is 5.32 Å². The number of hydrogen-bond acceptors (Lipinski definition) is 6. The molecule has 1 amide bonds. The molecule has 4 aromatic rings. The molecule has 2 N–H and O–H groups in total. The number of ether oxygens (including phenoxy) is 1. The summed E-state index contributed by atoms with van der Waals surface area (Å²) in [7, 11) is 0. The molecule has 0 spiro atoms. The van der Waals surface area contributed by atoms with E-state index < -0.39 is 0 Å². The van der Waals surface area contributed by atoms with E-state index in [1.54, 1.807) is 12.4 Å². The number of carbonyl (C=O) groups excluding carboxylic acids is 1. The Morgan fingerprint density at radius 1 is 1.16 bits per heavy atom. The van der Waals surface area contributed by atoms with E-state index in [0.717, 1.165) is 52.9 Å². The van der Waals surface area contributed by atoms with Crippen LogP contribution in [-0.4, -0.2) is 59.0 Å². The lowest BCUT2D eigenvalue weighted by molar-refractivity contribution is 0.0553. The normalized spacial score (nSPS) is 14.5. The quantitative estimate of drug-likeness (QED) is 0.257. The number of fused-ring (bicyclic) bond motifs is 1. The Balaban J connectivity index is 1.33. The van der Waals surface area contributed by atoms with Gasteiger partial charge in [-0.3, -0.25) is 19.9 Å². The van der Waals surface area contributed by atoms with Crippen LogP contribution in [0.4, 0.5) is 5.69 Å². The maximum Gasteiger partial charge on any atom is 0.276 e. The lowest BCUT2D eigenvalue weighted by Crippen LogP contribution is -2.35. The number of pyridine rings is 1. The van der Waals surface area contributed by atoms with Crippen molar-refractivity contribution in [3.8, 4) is 0 Å². The van der Waals surface area contributed by atoms with Gasteiger partial charge in [0.15, 0.2) is 5.69 Å². The summed E-state index contributed by atoms with van der Waals surface area (Å²) in [5.74, 6) is -0.294. The van der Waals surface area contributed by atoms with Crippen LogP contribution in [0.3, 0.4) is 0 Å². The smallest absolute Gasteiger partial charge is 0.276 e. The molecule has 0 unspecified atom stereocenters. The maximum absolute atomic E-state index is 13.1. The van der Waals surface area contributed by atoms with Crippen molar-refractivity contribution in [1.29, 1.82) is 0 Å². The highest BCUT2D eigenvalue weighted by Crippen LogP contribution is 2.25. The number of aliphatic imine (C=N–C) groups is 1. The molecule has 8 nitrogen and oxygen atoms in total. The van der Waals surface area contributed by atoms with Crippen molar-refractivity contribution in [2.75, 3.05) is 31.6 Å². The van der Waals surface area contributed by atoms with E-state index in [4.69, 9.17) is 4.74 Å². The number of aromatic amines is 1. The SMILES string of the molecule is C=N/C=C(\C=C(/C)c1ccc2[nH]nc(C(=O)Nc3ccc(Cc4ccccc4)nc3)c2c1)N1CCOCC1. The highest BCUT2D eigenvalue weighted by atomic mass is 16.5. The summed E-state index contributed by atoms with van der Waals surface area (Å²) in [5.41, 5.74) is 6.87. The van der Waals surface area contributed by atoms with Gasteiger partial charge in [0.1, 0.15) is 0 Å². The van der Waals surface area contributed by atoms with Gasteiger partial charge in [-0.2, -0.15) is 5.10 Å². The van der Waals surface area contributed by atoms with Crippen molar-refractivity contribution in [3.63, 3.8) is 0 Å². The predicted molar refractivity (Wildman–Crippen MR) is 151 cm³/mol.